The Kier molecular flexibility index (Phi) is 4.05. The second-order valence-electron chi connectivity index (χ2n) is 11.0. The molecule has 220 valence electrons. The second-order valence-corrected chi connectivity index (χ2v) is 11.0. The van der Waals surface area contributed by atoms with Crippen molar-refractivity contribution in [1.29, 1.82) is 0 Å². The summed E-state index contributed by atoms with van der Waals surface area (Å²) < 4.78 is 116. The number of fused-ring (bicyclic) bond motifs is 3. The van der Waals surface area contributed by atoms with Crippen molar-refractivity contribution in [3.05, 3.63) is 182 Å². The van der Waals surface area contributed by atoms with E-state index in [1.54, 1.807) is 24.3 Å². The Labute approximate surface area is 292 Å². The van der Waals surface area contributed by atoms with Crippen LogP contribution in [-0.2, 0) is 0 Å². The molecule has 0 aliphatic rings. The van der Waals surface area contributed by atoms with Crippen LogP contribution >= 0.6 is 0 Å². The van der Waals surface area contributed by atoms with Gasteiger partial charge in [0.25, 0.3) is 0 Å². The molecule has 0 amide bonds. The van der Waals surface area contributed by atoms with Gasteiger partial charge in [-0.25, -0.2) is 4.98 Å². The van der Waals surface area contributed by atoms with Gasteiger partial charge in [0.2, 0.25) is 0 Å². The summed E-state index contributed by atoms with van der Waals surface area (Å²) >= 11 is 0. The highest BCUT2D eigenvalue weighted by Crippen LogP contribution is 2.44. The number of rotatable bonds is 5. The monoisotopic (exact) mass is 611 g/mol. The van der Waals surface area contributed by atoms with Gasteiger partial charge in [0.05, 0.1) is 28.9 Å². The van der Waals surface area contributed by atoms with Crippen LogP contribution in [0, 0.1) is 0 Å². The van der Waals surface area contributed by atoms with Gasteiger partial charge < -0.3 is 0 Å². The molecule has 0 bridgehead atoms. The van der Waals surface area contributed by atoms with Crippen LogP contribution < -0.4 is 0 Å². The third-order valence-corrected chi connectivity index (χ3v) is 8.32. The van der Waals surface area contributed by atoms with Gasteiger partial charge in [0, 0.05) is 11.3 Å². The molecule has 0 saturated carbocycles. The number of hydrogen-bond donors (Lipinski definition) is 0. The van der Waals surface area contributed by atoms with Gasteiger partial charge in [-0.1, -0.05) is 151 Å². The van der Waals surface area contributed by atoms with Crippen LogP contribution in [0.5, 0.6) is 0 Å². The van der Waals surface area contributed by atoms with E-state index in [0.717, 1.165) is 16.7 Å². The number of benzene rings is 8. The first-order valence-electron chi connectivity index (χ1n) is 21.5. The minimum Gasteiger partial charge on any atom is -0.292 e. The van der Waals surface area contributed by atoms with Crippen molar-refractivity contribution in [2.45, 2.75) is 0 Å². The van der Waals surface area contributed by atoms with E-state index in [1.807, 2.05) is 71.3 Å². The van der Waals surface area contributed by atoms with Gasteiger partial charge in [0.1, 0.15) is 5.82 Å². The Morgan fingerprint density at radius 2 is 0.979 bits per heavy atom. The third-order valence-electron chi connectivity index (χ3n) is 8.32. The van der Waals surface area contributed by atoms with Crippen LogP contribution in [-0.4, -0.2) is 9.55 Å². The van der Waals surface area contributed by atoms with Crippen LogP contribution in [0.1, 0.15) is 17.8 Å². The van der Waals surface area contributed by atoms with Crippen molar-refractivity contribution in [3.8, 4) is 50.5 Å². The molecule has 8 aromatic carbocycles. The van der Waals surface area contributed by atoms with E-state index in [2.05, 4.69) is 0 Å². The molecule has 0 saturated heterocycles. The molecule has 47 heavy (non-hydrogen) atoms. The van der Waals surface area contributed by atoms with Crippen molar-refractivity contribution >= 4 is 32.6 Å². The van der Waals surface area contributed by atoms with E-state index in [9.17, 15) is 5.48 Å². The Balaban J connectivity index is 1.39. The highest BCUT2D eigenvalue weighted by molar-refractivity contribution is 6.21. The summed E-state index contributed by atoms with van der Waals surface area (Å²) in [5.41, 5.74) is 4.37. The van der Waals surface area contributed by atoms with Crippen molar-refractivity contribution in [2.24, 2.45) is 0 Å². The van der Waals surface area contributed by atoms with Gasteiger partial charge in [-0.2, -0.15) is 0 Å². The Morgan fingerprint density at radius 3 is 1.66 bits per heavy atom. The molecular weight excluding hydrogens is 569 g/mol. The maximum Gasteiger partial charge on any atom is 0.145 e. The SMILES string of the molecule is [2H]c1c([2H])c([2H])c(-c2ccc(-c3c4c([2H])c([2H])c([2H])c([2H])c4c(-c4cccc(-c5nc6ccccc6n5-c5ccccc5)c4)c4c([2H])c([2H])c([2H])c([2H])c34)cc2)c([2H])c1[2H]. The first-order chi connectivity index (χ1) is 28.7. The molecule has 0 N–H and O–H groups in total. The van der Waals surface area contributed by atoms with Crippen molar-refractivity contribution in [1.82, 2.24) is 9.55 Å². The maximum absolute atomic E-state index is 9.37. The van der Waals surface area contributed by atoms with E-state index in [0.29, 0.717) is 22.5 Å². The zero-order valence-corrected chi connectivity index (χ0v) is 24.7. The van der Waals surface area contributed by atoms with E-state index >= 15 is 0 Å². The van der Waals surface area contributed by atoms with Crippen LogP contribution in [0.3, 0.4) is 0 Å². The van der Waals surface area contributed by atoms with E-state index < -0.39 is 78.6 Å². The second kappa shape index (κ2) is 11.3. The van der Waals surface area contributed by atoms with Crippen molar-refractivity contribution in [3.63, 3.8) is 0 Å². The van der Waals surface area contributed by atoms with Gasteiger partial charge in [-0.15, -0.1) is 0 Å². The zero-order valence-electron chi connectivity index (χ0n) is 37.7. The number of para-hydroxylation sites is 3. The van der Waals surface area contributed by atoms with E-state index in [4.69, 9.17) is 17.3 Å². The lowest BCUT2D eigenvalue weighted by Crippen LogP contribution is -1.97. The summed E-state index contributed by atoms with van der Waals surface area (Å²) in [4.78, 5) is 5.01. The van der Waals surface area contributed by atoms with Crippen molar-refractivity contribution in [2.75, 3.05) is 0 Å². The fraction of sp³-hybridized carbons (Fsp3) is 0. The van der Waals surface area contributed by atoms with E-state index in [1.165, 1.54) is 12.1 Å². The van der Waals surface area contributed by atoms with Gasteiger partial charge in [-0.3, -0.25) is 4.57 Å². The third kappa shape index (κ3) is 4.62. The summed E-state index contributed by atoms with van der Waals surface area (Å²) in [7, 11) is 0. The molecule has 9 aromatic rings. The number of hydrogen-bond acceptors (Lipinski definition) is 1. The molecule has 0 fully saturated rings. The summed E-state index contributed by atoms with van der Waals surface area (Å²) in [6.45, 7) is 0. The predicted octanol–water partition coefficient (Wildman–Crippen LogP) is 12.0. The quantitative estimate of drug-likeness (QED) is 0.177. The highest BCUT2D eigenvalue weighted by atomic mass is 15.1. The topological polar surface area (TPSA) is 17.8 Å². The van der Waals surface area contributed by atoms with Crippen LogP contribution in [0.25, 0.3) is 83.0 Å². The molecule has 1 aromatic heterocycles. The van der Waals surface area contributed by atoms with Crippen LogP contribution in [0.15, 0.2) is 182 Å². The summed E-state index contributed by atoms with van der Waals surface area (Å²) in [5.74, 6) is 0.581. The fourth-order valence-electron chi connectivity index (χ4n) is 6.27. The molecule has 0 spiro atoms. The molecule has 0 aliphatic carbocycles. The molecular formula is C45H30N2. The lowest BCUT2D eigenvalue weighted by Gasteiger charge is -2.18. The number of imidazole rings is 1. The molecule has 1 heterocycles. The molecule has 9 rings (SSSR count). The first-order valence-corrected chi connectivity index (χ1v) is 15.0. The summed E-state index contributed by atoms with van der Waals surface area (Å²) in [6, 6.07) is 24.6. The summed E-state index contributed by atoms with van der Waals surface area (Å²) in [5, 5.41) is 0.117. The minimum atomic E-state index is -0.541. The number of nitrogens with zero attached hydrogens (tertiary/aromatic N) is 2. The van der Waals surface area contributed by atoms with Crippen LogP contribution in [0.4, 0.5) is 0 Å². The molecule has 0 radical (unpaired) electrons. The van der Waals surface area contributed by atoms with Gasteiger partial charge >= 0.3 is 0 Å². The minimum absolute atomic E-state index is 0.0195. The highest BCUT2D eigenvalue weighted by Gasteiger charge is 2.19. The Morgan fingerprint density at radius 1 is 0.426 bits per heavy atom. The van der Waals surface area contributed by atoms with E-state index in [-0.39, 0.29) is 43.8 Å². The van der Waals surface area contributed by atoms with Crippen molar-refractivity contribution < 1.29 is 17.8 Å². The van der Waals surface area contributed by atoms with Gasteiger partial charge in [0.15, 0.2) is 0 Å². The molecule has 2 heteroatoms. The van der Waals surface area contributed by atoms with Gasteiger partial charge in [-0.05, 0) is 85.3 Å². The zero-order chi connectivity index (χ0) is 42.5. The molecule has 0 aliphatic heterocycles. The Hall–Kier alpha value is -6.25. The predicted molar refractivity (Wildman–Crippen MR) is 198 cm³/mol. The normalized spacial score (nSPS) is 15.3. The van der Waals surface area contributed by atoms with Crippen LogP contribution in [0.2, 0.25) is 0 Å². The summed E-state index contributed by atoms with van der Waals surface area (Å²) in [6.07, 6.45) is 0. The standard InChI is InChI=1S/C45H30N2/c1-3-14-31(15-4-1)32-26-28-33(29-27-32)43-37-20-7-9-22-39(37)44(40-23-10-8-21-38(40)43)34-16-13-17-35(30-34)45-46-41-24-11-12-25-42(41)47(45)36-18-5-2-6-19-36/h1-30H/i1D,3D,4D,7D,8D,9D,10D,14D,15D,20D,21D,22D,23D. The molecule has 0 unspecified atom stereocenters. The largest absolute Gasteiger partial charge is 0.292 e. The lowest BCUT2D eigenvalue weighted by molar-refractivity contribution is 1.10. The molecule has 0 atom stereocenters. The molecule has 2 nitrogen and oxygen atoms in total. The average Bonchev–Trinajstić information content (AvgIpc) is 3.67. The first kappa shape index (κ1) is 16.9. The smallest absolute Gasteiger partial charge is 0.145 e. The number of aromatic nitrogens is 2. The lowest BCUT2D eigenvalue weighted by atomic mass is 9.85. The average molecular weight is 612 g/mol. The Bertz CT molecular complexity index is 3180. The maximum atomic E-state index is 9.37. The fourth-order valence-corrected chi connectivity index (χ4v) is 6.27.